The largest absolute Gasteiger partial charge is 0.467 e. The predicted octanol–water partition coefficient (Wildman–Crippen LogP) is 1.98. The quantitative estimate of drug-likeness (QED) is 0.362. The average molecular weight is 386 g/mol. The number of esters is 1. The Morgan fingerprint density at radius 1 is 1.22 bits per heavy atom. The molecule has 2 fully saturated rings. The SMILES string of the molecule is COC(=O)[C@@H]1N2C(=O)[C@@H](NC(=O)/C=C/C=C/c3ccccc3)[C@H]2SC1(C)C. The first-order valence-corrected chi connectivity index (χ1v) is 9.51. The zero-order chi connectivity index (χ0) is 19.6. The number of rotatable bonds is 5. The number of allylic oxidation sites excluding steroid dienone is 2. The Morgan fingerprint density at radius 2 is 1.93 bits per heavy atom. The zero-order valence-corrected chi connectivity index (χ0v) is 16.2. The van der Waals surface area contributed by atoms with Crippen LogP contribution in [0.2, 0.25) is 0 Å². The summed E-state index contributed by atoms with van der Waals surface area (Å²) in [5.74, 6) is -1.03. The van der Waals surface area contributed by atoms with E-state index >= 15 is 0 Å². The number of methoxy groups -OCH3 is 1. The van der Waals surface area contributed by atoms with Gasteiger partial charge in [-0.1, -0.05) is 48.6 Å². The van der Waals surface area contributed by atoms with Crippen molar-refractivity contribution in [3.05, 3.63) is 54.1 Å². The van der Waals surface area contributed by atoms with Gasteiger partial charge in [0.15, 0.2) is 0 Å². The van der Waals surface area contributed by atoms with Crippen LogP contribution < -0.4 is 5.32 Å². The average Bonchev–Trinajstić information content (AvgIpc) is 2.91. The monoisotopic (exact) mass is 386 g/mol. The van der Waals surface area contributed by atoms with Crippen molar-refractivity contribution < 1.29 is 19.1 Å². The summed E-state index contributed by atoms with van der Waals surface area (Å²) in [4.78, 5) is 38.1. The molecule has 0 aromatic heterocycles. The van der Waals surface area contributed by atoms with E-state index in [0.29, 0.717) is 0 Å². The number of nitrogens with zero attached hydrogens (tertiary/aromatic N) is 1. The van der Waals surface area contributed by atoms with Crippen molar-refractivity contribution in [2.45, 2.75) is 36.1 Å². The molecular weight excluding hydrogens is 364 g/mol. The smallest absolute Gasteiger partial charge is 0.330 e. The van der Waals surface area contributed by atoms with E-state index in [1.54, 1.807) is 12.2 Å². The third-order valence-electron chi connectivity index (χ3n) is 4.61. The Bertz CT molecular complexity index is 803. The van der Waals surface area contributed by atoms with Gasteiger partial charge >= 0.3 is 5.97 Å². The van der Waals surface area contributed by atoms with Crippen LogP contribution in [0, 0.1) is 0 Å². The summed E-state index contributed by atoms with van der Waals surface area (Å²) < 4.78 is 4.37. The highest BCUT2D eigenvalue weighted by Gasteiger charge is 2.64. The molecule has 2 aliphatic heterocycles. The molecule has 7 heteroatoms. The standard InChI is InChI=1S/C20H22N2O4S/c1-20(2)16(19(25)26-3)22-17(24)15(18(22)27-20)21-14(23)12-8-7-11-13-9-5-4-6-10-13/h4-12,15-16,18H,1-3H3,(H,21,23)/b11-7+,12-8+/t15-,16+,18-/m1/s1. The van der Waals surface area contributed by atoms with Crippen LogP contribution in [0.15, 0.2) is 48.6 Å². The van der Waals surface area contributed by atoms with Gasteiger partial charge in [0, 0.05) is 10.8 Å². The maximum absolute atomic E-state index is 12.5. The first kappa shape index (κ1) is 19.2. The Kier molecular flexibility index (Phi) is 5.41. The third-order valence-corrected chi connectivity index (χ3v) is 6.18. The molecule has 0 spiro atoms. The van der Waals surface area contributed by atoms with Crippen LogP contribution >= 0.6 is 11.8 Å². The van der Waals surface area contributed by atoms with Gasteiger partial charge in [-0.3, -0.25) is 9.59 Å². The van der Waals surface area contributed by atoms with Gasteiger partial charge in [-0.2, -0.15) is 0 Å². The summed E-state index contributed by atoms with van der Waals surface area (Å²) in [5.41, 5.74) is 1.03. The highest BCUT2D eigenvalue weighted by molar-refractivity contribution is 8.01. The van der Waals surface area contributed by atoms with Crippen molar-refractivity contribution >= 4 is 35.6 Å². The lowest BCUT2D eigenvalue weighted by atomic mass is 9.96. The molecule has 27 heavy (non-hydrogen) atoms. The molecular formula is C20H22N2O4S. The number of fused-ring (bicyclic) bond motifs is 1. The first-order chi connectivity index (χ1) is 12.8. The van der Waals surface area contributed by atoms with Crippen LogP contribution in [0.4, 0.5) is 0 Å². The topological polar surface area (TPSA) is 75.7 Å². The highest BCUT2D eigenvalue weighted by atomic mass is 32.2. The van der Waals surface area contributed by atoms with Crippen LogP contribution in [0.3, 0.4) is 0 Å². The molecule has 2 aliphatic rings. The van der Waals surface area contributed by atoms with Gasteiger partial charge in [0.2, 0.25) is 11.8 Å². The van der Waals surface area contributed by atoms with E-state index in [2.05, 4.69) is 5.32 Å². The minimum atomic E-state index is -0.637. The lowest BCUT2D eigenvalue weighted by Crippen LogP contribution is -2.70. The van der Waals surface area contributed by atoms with E-state index < -0.39 is 22.8 Å². The summed E-state index contributed by atoms with van der Waals surface area (Å²) in [5, 5.41) is 2.47. The van der Waals surface area contributed by atoms with E-state index in [1.807, 2.05) is 50.3 Å². The highest BCUT2D eigenvalue weighted by Crippen LogP contribution is 2.50. The Morgan fingerprint density at radius 3 is 2.59 bits per heavy atom. The summed E-state index contributed by atoms with van der Waals surface area (Å²) in [6.07, 6.45) is 6.67. The van der Waals surface area contributed by atoms with Crippen LogP contribution in [0.5, 0.6) is 0 Å². The number of benzene rings is 1. The molecule has 6 nitrogen and oxygen atoms in total. The molecule has 1 aromatic carbocycles. The maximum Gasteiger partial charge on any atom is 0.330 e. The molecule has 0 saturated carbocycles. The van der Waals surface area contributed by atoms with Crippen molar-refractivity contribution in [3.63, 3.8) is 0 Å². The lowest BCUT2D eigenvalue weighted by molar-refractivity contribution is -0.162. The zero-order valence-electron chi connectivity index (χ0n) is 15.4. The number of carbonyl (C=O) groups excluding carboxylic acids is 3. The van der Waals surface area contributed by atoms with Gasteiger partial charge in [-0.15, -0.1) is 11.8 Å². The van der Waals surface area contributed by atoms with Gasteiger partial charge in [0.25, 0.3) is 0 Å². The number of ether oxygens (including phenoxy) is 1. The Hall–Kier alpha value is -2.54. The Balaban J connectivity index is 1.59. The summed E-state index contributed by atoms with van der Waals surface area (Å²) in [6.45, 7) is 3.80. The van der Waals surface area contributed by atoms with Gasteiger partial charge in [-0.05, 0) is 19.4 Å². The number of β-lactam (4-membered cyclic amide) rings is 1. The second-order valence-electron chi connectivity index (χ2n) is 6.90. The molecule has 0 aliphatic carbocycles. The number of nitrogens with one attached hydrogen (secondary N) is 1. The fourth-order valence-corrected chi connectivity index (χ4v) is 4.93. The predicted molar refractivity (Wildman–Crippen MR) is 105 cm³/mol. The van der Waals surface area contributed by atoms with E-state index in [9.17, 15) is 14.4 Å². The fraction of sp³-hybridized carbons (Fsp3) is 0.350. The number of carbonyl (C=O) groups is 3. The number of hydrogen-bond donors (Lipinski definition) is 1. The van der Waals surface area contributed by atoms with Gasteiger partial charge in [0.05, 0.1) is 7.11 Å². The molecule has 1 aromatic rings. The minimum absolute atomic E-state index is 0.255. The molecule has 0 radical (unpaired) electrons. The molecule has 2 saturated heterocycles. The molecule has 3 rings (SSSR count). The van der Waals surface area contributed by atoms with Gasteiger partial charge < -0.3 is 15.0 Å². The van der Waals surface area contributed by atoms with E-state index in [0.717, 1.165) is 5.56 Å². The maximum atomic E-state index is 12.5. The summed E-state index contributed by atoms with van der Waals surface area (Å²) >= 11 is 1.50. The van der Waals surface area contributed by atoms with Crippen molar-refractivity contribution in [1.29, 1.82) is 0 Å². The van der Waals surface area contributed by atoms with Crippen LogP contribution in [0.25, 0.3) is 6.08 Å². The molecule has 1 N–H and O–H groups in total. The number of thioether (sulfide) groups is 1. The van der Waals surface area contributed by atoms with Crippen molar-refractivity contribution in [3.8, 4) is 0 Å². The van der Waals surface area contributed by atoms with E-state index in [1.165, 1.54) is 29.8 Å². The summed E-state index contributed by atoms with van der Waals surface area (Å²) in [7, 11) is 1.31. The fourth-order valence-electron chi connectivity index (χ4n) is 3.31. The first-order valence-electron chi connectivity index (χ1n) is 8.63. The van der Waals surface area contributed by atoms with Crippen LogP contribution in [-0.4, -0.2) is 52.0 Å². The van der Waals surface area contributed by atoms with Crippen molar-refractivity contribution in [2.24, 2.45) is 0 Å². The molecule has 2 heterocycles. The van der Waals surface area contributed by atoms with Crippen LogP contribution in [0.1, 0.15) is 19.4 Å². The molecule has 0 unspecified atom stereocenters. The molecule has 2 amide bonds. The molecule has 0 bridgehead atoms. The molecule has 142 valence electrons. The minimum Gasteiger partial charge on any atom is -0.467 e. The Labute approximate surface area is 162 Å². The van der Waals surface area contributed by atoms with Crippen molar-refractivity contribution in [2.75, 3.05) is 7.11 Å². The van der Waals surface area contributed by atoms with Gasteiger partial charge in [-0.25, -0.2) is 4.79 Å². The summed E-state index contributed by atoms with van der Waals surface area (Å²) in [6, 6.07) is 8.47. The number of hydrogen-bond acceptors (Lipinski definition) is 5. The van der Waals surface area contributed by atoms with E-state index in [4.69, 9.17) is 4.74 Å². The third kappa shape index (κ3) is 3.78. The molecule has 3 atom stereocenters. The number of amides is 2. The lowest BCUT2D eigenvalue weighted by Gasteiger charge is -2.43. The van der Waals surface area contributed by atoms with Gasteiger partial charge in [0.1, 0.15) is 17.5 Å². The van der Waals surface area contributed by atoms with E-state index in [-0.39, 0.29) is 17.2 Å². The van der Waals surface area contributed by atoms with Crippen molar-refractivity contribution in [1.82, 2.24) is 10.2 Å². The second kappa shape index (κ2) is 7.60. The second-order valence-corrected chi connectivity index (χ2v) is 8.67. The normalized spacial score (nSPS) is 26.1. The van der Waals surface area contributed by atoms with Crippen LogP contribution in [-0.2, 0) is 19.1 Å².